The minimum Gasteiger partial charge on any atom is -0.264 e. The standard InChI is InChI=1S/C4H3BrN/c5-4-1-2-6-3-4/h1-3H. The Bertz CT molecular complexity index is 101. The van der Waals surface area contributed by atoms with E-state index in [1.807, 2.05) is 6.08 Å². The highest BCUT2D eigenvalue weighted by molar-refractivity contribution is 9.11. The average molecular weight is 145 g/mol. The number of halogens is 1. The highest BCUT2D eigenvalue weighted by Gasteiger charge is 1.87. The third kappa shape index (κ3) is 0.627. The molecule has 1 nitrogen and oxygen atoms in total. The minimum absolute atomic E-state index is 1.04. The molecule has 1 heterocycles. The van der Waals surface area contributed by atoms with Gasteiger partial charge in [-0.3, -0.25) is 5.32 Å². The van der Waals surface area contributed by atoms with Crippen molar-refractivity contribution < 1.29 is 0 Å². The third-order valence-corrected chi connectivity index (χ3v) is 0.987. The van der Waals surface area contributed by atoms with E-state index in [-0.39, 0.29) is 0 Å². The number of nitrogens with zero attached hydrogens (tertiary/aromatic N) is 1. The molecular formula is C4H3BrN. The summed E-state index contributed by atoms with van der Waals surface area (Å²) in [6.45, 7) is 0. The van der Waals surface area contributed by atoms with E-state index in [0.29, 0.717) is 0 Å². The highest BCUT2D eigenvalue weighted by atomic mass is 79.9. The van der Waals surface area contributed by atoms with Gasteiger partial charge in [0.2, 0.25) is 0 Å². The van der Waals surface area contributed by atoms with Gasteiger partial charge in [0, 0.05) is 16.9 Å². The fraction of sp³-hybridized carbons (Fsp3) is 0. The van der Waals surface area contributed by atoms with Crippen LogP contribution >= 0.6 is 15.9 Å². The van der Waals surface area contributed by atoms with Crippen molar-refractivity contribution in [2.75, 3.05) is 0 Å². The minimum atomic E-state index is 1.04. The maximum absolute atomic E-state index is 3.77. The summed E-state index contributed by atoms with van der Waals surface area (Å²) in [6, 6.07) is 0. The fourth-order valence-corrected chi connectivity index (χ4v) is 0.508. The van der Waals surface area contributed by atoms with Gasteiger partial charge in [-0.1, -0.05) is 0 Å². The van der Waals surface area contributed by atoms with E-state index in [1.165, 1.54) is 0 Å². The van der Waals surface area contributed by atoms with E-state index < -0.39 is 0 Å². The maximum Gasteiger partial charge on any atom is 0.0410 e. The molecule has 0 amide bonds. The second-order valence-electron chi connectivity index (χ2n) is 0.979. The number of allylic oxidation sites excluding steroid dienone is 2. The first-order valence-corrected chi connectivity index (χ1v) is 2.41. The van der Waals surface area contributed by atoms with E-state index in [0.717, 1.165) is 4.48 Å². The van der Waals surface area contributed by atoms with Crippen LogP contribution in [0.3, 0.4) is 0 Å². The van der Waals surface area contributed by atoms with Crippen LogP contribution in [0.4, 0.5) is 0 Å². The summed E-state index contributed by atoms with van der Waals surface area (Å²) in [6.07, 6.45) is 5.38. The van der Waals surface area contributed by atoms with Crippen molar-refractivity contribution in [1.82, 2.24) is 5.32 Å². The zero-order valence-corrected chi connectivity index (χ0v) is 4.64. The van der Waals surface area contributed by atoms with Gasteiger partial charge >= 0.3 is 0 Å². The molecule has 0 aromatic carbocycles. The van der Waals surface area contributed by atoms with Crippen molar-refractivity contribution >= 4 is 15.9 Å². The van der Waals surface area contributed by atoms with Crippen molar-refractivity contribution in [3.05, 3.63) is 23.0 Å². The monoisotopic (exact) mass is 144 g/mol. The molecule has 0 bridgehead atoms. The summed E-state index contributed by atoms with van der Waals surface area (Å²) in [5, 5.41) is 3.77. The molecule has 0 fully saturated rings. The van der Waals surface area contributed by atoms with Gasteiger partial charge in [0.15, 0.2) is 0 Å². The van der Waals surface area contributed by atoms with E-state index in [2.05, 4.69) is 21.2 Å². The Labute approximate surface area is 44.9 Å². The van der Waals surface area contributed by atoms with Gasteiger partial charge < -0.3 is 0 Å². The van der Waals surface area contributed by atoms with E-state index in [4.69, 9.17) is 0 Å². The lowest BCUT2D eigenvalue weighted by Crippen LogP contribution is -1.69. The number of hydrogen-bond donors (Lipinski definition) is 0. The van der Waals surface area contributed by atoms with Gasteiger partial charge in [0.1, 0.15) is 0 Å². The van der Waals surface area contributed by atoms with Crippen LogP contribution in [0.1, 0.15) is 0 Å². The van der Waals surface area contributed by atoms with Crippen LogP contribution in [0.2, 0.25) is 0 Å². The van der Waals surface area contributed by atoms with Crippen molar-refractivity contribution in [2.45, 2.75) is 0 Å². The molecule has 1 aliphatic heterocycles. The first-order valence-electron chi connectivity index (χ1n) is 1.62. The summed E-state index contributed by atoms with van der Waals surface area (Å²) in [7, 11) is 0. The molecule has 0 atom stereocenters. The molecule has 0 unspecified atom stereocenters. The van der Waals surface area contributed by atoms with Gasteiger partial charge in [0.05, 0.1) is 0 Å². The first-order chi connectivity index (χ1) is 2.89. The van der Waals surface area contributed by atoms with E-state index in [9.17, 15) is 0 Å². The molecule has 1 radical (unpaired) electrons. The Morgan fingerprint density at radius 1 is 1.67 bits per heavy atom. The van der Waals surface area contributed by atoms with Gasteiger partial charge in [-0.25, -0.2) is 0 Å². The highest BCUT2D eigenvalue weighted by Crippen LogP contribution is 2.08. The molecular weight excluding hydrogens is 142 g/mol. The molecule has 6 heavy (non-hydrogen) atoms. The smallest absolute Gasteiger partial charge is 0.0410 e. The number of rotatable bonds is 0. The van der Waals surface area contributed by atoms with Crippen LogP contribution in [0.15, 0.2) is 23.0 Å². The molecule has 0 N–H and O–H groups in total. The summed E-state index contributed by atoms with van der Waals surface area (Å²) >= 11 is 3.22. The normalized spacial score (nSPS) is 17.2. The van der Waals surface area contributed by atoms with Crippen molar-refractivity contribution in [2.24, 2.45) is 0 Å². The molecule has 2 heteroatoms. The lowest BCUT2D eigenvalue weighted by molar-refractivity contribution is 1.21. The van der Waals surface area contributed by atoms with Gasteiger partial charge in [-0.2, -0.15) is 0 Å². The molecule has 1 rings (SSSR count). The molecule has 1 aliphatic rings. The Hall–Kier alpha value is -0.240. The van der Waals surface area contributed by atoms with Crippen LogP contribution in [0.5, 0.6) is 0 Å². The van der Waals surface area contributed by atoms with Gasteiger partial charge in [-0.15, -0.1) is 0 Å². The molecule has 0 saturated carbocycles. The van der Waals surface area contributed by atoms with Crippen molar-refractivity contribution in [3.63, 3.8) is 0 Å². The van der Waals surface area contributed by atoms with Crippen LogP contribution in [-0.4, -0.2) is 0 Å². The second-order valence-corrected chi connectivity index (χ2v) is 1.89. The molecule has 0 saturated heterocycles. The predicted octanol–water partition coefficient (Wildman–Crippen LogP) is 1.35. The molecule has 0 aliphatic carbocycles. The third-order valence-electron chi connectivity index (χ3n) is 0.518. The maximum atomic E-state index is 3.77. The first kappa shape index (κ1) is 3.93. The summed E-state index contributed by atoms with van der Waals surface area (Å²) < 4.78 is 1.04. The molecule has 0 aromatic heterocycles. The van der Waals surface area contributed by atoms with Crippen molar-refractivity contribution in [3.8, 4) is 0 Å². The second kappa shape index (κ2) is 1.47. The quantitative estimate of drug-likeness (QED) is 0.488. The fourth-order valence-electron chi connectivity index (χ4n) is 0.272. The van der Waals surface area contributed by atoms with Gasteiger partial charge in [0.25, 0.3) is 0 Å². The Kier molecular flexibility index (Phi) is 0.965. The van der Waals surface area contributed by atoms with Crippen LogP contribution in [0, 0.1) is 0 Å². The number of hydrogen-bond acceptors (Lipinski definition) is 0. The van der Waals surface area contributed by atoms with Crippen LogP contribution in [-0.2, 0) is 0 Å². The zero-order chi connectivity index (χ0) is 4.41. The van der Waals surface area contributed by atoms with Crippen LogP contribution in [0.25, 0.3) is 0 Å². The lowest BCUT2D eigenvalue weighted by atomic mass is 10.6. The topological polar surface area (TPSA) is 14.1 Å². The molecule has 0 spiro atoms. The Balaban J connectivity index is 2.68. The summed E-state index contributed by atoms with van der Waals surface area (Å²) in [4.78, 5) is 0. The zero-order valence-electron chi connectivity index (χ0n) is 3.06. The molecule has 31 valence electrons. The average Bonchev–Trinajstić information content (AvgIpc) is 1.86. The lowest BCUT2D eigenvalue weighted by Gasteiger charge is -1.68. The Morgan fingerprint density at radius 3 is 2.67 bits per heavy atom. The summed E-state index contributed by atoms with van der Waals surface area (Å²) in [5.41, 5.74) is 0. The predicted molar refractivity (Wildman–Crippen MR) is 28.3 cm³/mol. The Morgan fingerprint density at radius 2 is 2.50 bits per heavy atom. The van der Waals surface area contributed by atoms with E-state index in [1.54, 1.807) is 12.4 Å². The molecule has 0 aromatic rings. The SMILES string of the molecule is BrC1=C[N]C=C1. The largest absolute Gasteiger partial charge is 0.264 e. The van der Waals surface area contributed by atoms with Crippen LogP contribution < -0.4 is 5.32 Å². The van der Waals surface area contributed by atoms with Gasteiger partial charge in [-0.05, 0) is 22.0 Å². The van der Waals surface area contributed by atoms with E-state index >= 15 is 0 Å². The summed E-state index contributed by atoms with van der Waals surface area (Å²) in [5.74, 6) is 0. The van der Waals surface area contributed by atoms with Crippen molar-refractivity contribution in [1.29, 1.82) is 0 Å².